The van der Waals surface area contributed by atoms with Crippen LogP contribution in [0.4, 0.5) is 0 Å². The van der Waals surface area contributed by atoms with Gasteiger partial charge < -0.3 is 0 Å². The van der Waals surface area contributed by atoms with E-state index in [0.29, 0.717) is 5.41 Å². The zero-order chi connectivity index (χ0) is 15.0. The topological polar surface area (TPSA) is 3.24 Å². The summed E-state index contributed by atoms with van der Waals surface area (Å²) < 4.78 is 0. The fraction of sp³-hybridized carbons (Fsp3) is 0.524. The highest BCUT2D eigenvalue weighted by Gasteiger charge is 2.42. The van der Waals surface area contributed by atoms with Gasteiger partial charge in [0.15, 0.2) is 0 Å². The van der Waals surface area contributed by atoms with Gasteiger partial charge in [0.05, 0.1) is 0 Å². The van der Waals surface area contributed by atoms with E-state index in [9.17, 15) is 0 Å². The summed E-state index contributed by atoms with van der Waals surface area (Å²) in [7, 11) is 0. The standard InChI is InChI=1S/C21H27N/c1-21-13-5-4-12-20(21)22(15-7-14-21)16-18-10-6-9-17-8-2-3-11-19(17)18/h2-3,6,8-11,20H,4-5,7,12-16H2,1H3/t20-,21+/m0/s1. The van der Waals surface area contributed by atoms with Crippen molar-refractivity contribution in [2.24, 2.45) is 5.41 Å². The second-order valence-corrected chi connectivity index (χ2v) is 7.63. The SMILES string of the molecule is C[C@]12CCCC[C@@H]1N(Cc1cccc3ccccc13)CCC2. The van der Waals surface area contributed by atoms with Crippen LogP contribution in [0.15, 0.2) is 42.5 Å². The normalized spacial score (nSPS) is 29.4. The van der Waals surface area contributed by atoms with Crippen molar-refractivity contribution in [3.8, 4) is 0 Å². The lowest BCUT2D eigenvalue weighted by Gasteiger charge is -2.51. The molecule has 1 nitrogen and oxygen atoms in total. The molecule has 4 rings (SSSR count). The van der Waals surface area contributed by atoms with Crippen LogP contribution in [0.5, 0.6) is 0 Å². The Kier molecular flexibility index (Phi) is 3.69. The Morgan fingerprint density at radius 3 is 2.77 bits per heavy atom. The van der Waals surface area contributed by atoms with Crippen molar-refractivity contribution in [3.63, 3.8) is 0 Å². The highest BCUT2D eigenvalue weighted by molar-refractivity contribution is 5.85. The minimum Gasteiger partial charge on any atom is -0.296 e. The second-order valence-electron chi connectivity index (χ2n) is 7.63. The summed E-state index contributed by atoms with van der Waals surface area (Å²) in [6.07, 6.45) is 8.51. The number of benzene rings is 2. The molecule has 2 aliphatic rings. The van der Waals surface area contributed by atoms with Crippen LogP contribution < -0.4 is 0 Å². The number of hydrogen-bond donors (Lipinski definition) is 0. The molecule has 1 saturated carbocycles. The van der Waals surface area contributed by atoms with Crippen LogP contribution in [0.3, 0.4) is 0 Å². The molecule has 0 spiro atoms. The van der Waals surface area contributed by atoms with Gasteiger partial charge in [0.2, 0.25) is 0 Å². The molecule has 0 aromatic heterocycles. The van der Waals surface area contributed by atoms with Crippen LogP contribution in [-0.2, 0) is 6.54 Å². The summed E-state index contributed by atoms with van der Waals surface area (Å²) in [5.74, 6) is 0. The van der Waals surface area contributed by atoms with Crippen LogP contribution in [0.1, 0.15) is 51.0 Å². The summed E-state index contributed by atoms with van der Waals surface area (Å²) in [5.41, 5.74) is 2.08. The molecule has 2 aromatic rings. The lowest BCUT2D eigenvalue weighted by atomic mass is 9.66. The van der Waals surface area contributed by atoms with Gasteiger partial charge in [0, 0.05) is 12.6 Å². The van der Waals surface area contributed by atoms with E-state index in [0.717, 1.165) is 12.6 Å². The molecule has 0 amide bonds. The lowest BCUT2D eigenvalue weighted by Crippen LogP contribution is -2.52. The first-order valence-electron chi connectivity index (χ1n) is 8.97. The van der Waals surface area contributed by atoms with Gasteiger partial charge in [-0.05, 0) is 54.0 Å². The van der Waals surface area contributed by atoms with Crippen molar-refractivity contribution in [2.45, 2.75) is 58.0 Å². The third-order valence-corrected chi connectivity index (χ3v) is 6.17. The number of likely N-dealkylation sites (tertiary alicyclic amines) is 1. The molecule has 2 fully saturated rings. The Bertz CT molecular complexity index is 653. The maximum absolute atomic E-state index is 2.80. The van der Waals surface area contributed by atoms with E-state index < -0.39 is 0 Å². The molecule has 0 unspecified atom stereocenters. The minimum atomic E-state index is 0.571. The molecule has 116 valence electrons. The van der Waals surface area contributed by atoms with E-state index in [1.807, 2.05) is 0 Å². The van der Waals surface area contributed by atoms with Gasteiger partial charge in [-0.1, -0.05) is 62.2 Å². The van der Waals surface area contributed by atoms with E-state index in [1.54, 1.807) is 0 Å². The van der Waals surface area contributed by atoms with Crippen molar-refractivity contribution in [1.29, 1.82) is 0 Å². The predicted octanol–water partition coefficient (Wildman–Crippen LogP) is 5.38. The van der Waals surface area contributed by atoms with E-state index in [2.05, 4.69) is 54.3 Å². The first-order chi connectivity index (χ1) is 10.8. The Balaban J connectivity index is 1.64. The van der Waals surface area contributed by atoms with Gasteiger partial charge in [-0.2, -0.15) is 0 Å². The zero-order valence-corrected chi connectivity index (χ0v) is 13.7. The summed E-state index contributed by atoms with van der Waals surface area (Å²) >= 11 is 0. The van der Waals surface area contributed by atoms with Gasteiger partial charge in [0.1, 0.15) is 0 Å². The molecular formula is C21H27N. The quantitative estimate of drug-likeness (QED) is 0.718. The summed E-state index contributed by atoms with van der Waals surface area (Å²) in [5, 5.41) is 2.82. The van der Waals surface area contributed by atoms with Crippen molar-refractivity contribution < 1.29 is 0 Å². The second kappa shape index (κ2) is 5.70. The Morgan fingerprint density at radius 2 is 1.82 bits per heavy atom. The van der Waals surface area contributed by atoms with E-state index in [-0.39, 0.29) is 0 Å². The Labute approximate surface area is 134 Å². The van der Waals surface area contributed by atoms with Crippen LogP contribution in [0.2, 0.25) is 0 Å². The van der Waals surface area contributed by atoms with Gasteiger partial charge in [-0.25, -0.2) is 0 Å². The van der Waals surface area contributed by atoms with E-state index >= 15 is 0 Å². The minimum absolute atomic E-state index is 0.571. The number of nitrogens with zero attached hydrogens (tertiary/aromatic N) is 1. The van der Waals surface area contributed by atoms with Crippen molar-refractivity contribution in [1.82, 2.24) is 4.90 Å². The van der Waals surface area contributed by atoms with Crippen LogP contribution in [0, 0.1) is 5.41 Å². The molecule has 0 bridgehead atoms. The molecule has 1 aliphatic carbocycles. The molecule has 0 N–H and O–H groups in total. The summed E-state index contributed by atoms with van der Waals surface area (Å²) in [4.78, 5) is 2.80. The smallest absolute Gasteiger partial charge is 0.0243 e. The molecule has 2 aromatic carbocycles. The first kappa shape index (κ1) is 14.3. The maximum atomic E-state index is 2.80. The highest BCUT2D eigenvalue weighted by Crippen LogP contribution is 2.46. The van der Waals surface area contributed by atoms with Crippen molar-refractivity contribution in [2.75, 3.05) is 6.54 Å². The van der Waals surface area contributed by atoms with Gasteiger partial charge in [0.25, 0.3) is 0 Å². The lowest BCUT2D eigenvalue weighted by molar-refractivity contribution is -0.0113. The summed E-state index contributed by atoms with van der Waals surface area (Å²) in [6.45, 7) is 4.96. The third-order valence-electron chi connectivity index (χ3n) is 6.17. The molecule has 1 saturated heterocycles. The average Bonchev–Trinajstić information content (AvgIpc) is 2.55. The molecule has 0 radical (unpaired) electrons. The maximum Gasteiger partial charge on any atom is 0.0243 e. The predicted molar refractivity (Wildman–Crippen MR) is 94.0 cm³/mol. The van der Waals surface area contributed by atoms with Crippen molar-refractivity contribution >= 4 is 10.8 Å². The van der Waals surface area contributed by atoms with E-state index in [1.165, 1.54) is 61.4 Å². The molecule has 2 atom stereocenters. The molecule has 1 heteroatoms. The highest BCUT2D eigenvalue weighted by atomic mass is 15.2. The molecule has 1 aliphatic heterocycles. The average molecular weight is 293 g/mol. The van der Waals surface area contributed by atoms with Crippen LogP contribution in [0.25, 0.3) is 10.8 Å². The fourth-order valence-corrected chi connectivity index (χ4v) is 4.98. The number of rotatable bonds is 2. The van der Waals surface area contributed by atoms with Crippen LogP contribution in [-0.4, -0.2) is 17.5 Å². The Hall–Kier alpha value is -1.34. The number of hydrogen-bond acceptors (Lipinski definition) is 1. The fourth-order valence-electron chi connectivity index (χ4n) is 4.98. The molecular weight excluding hydrogens is 266 g/mol. The molecule has 22 heavy (non-hydrogen) atoms. The zero-order valence-electron chi connectivity index (χ0n) is 13.7. The molecule has 1 heterocycles. The Morgan fingerprint density at radius 1 is 1.00 bits per heavy atom. The number of fused-ring (bicyclic) bond motifs is 2. The number of piperidine rings is 1. The largest absolute Gasteiger partial charge is 0.296 e. The first-order valence-corrected chi connectivity index (χ1v) is 8.97. The van der Waals surface area contributed by atoms with E-state index in [4.69, 9.17) is 0 Å². The third kappa shape index (κ3) is 2.46. The van der Waals surface area contributed by atoms with Crippen molar-refractivity contribution in [3.05, 3.63) is 48.0 Å². The summed E-state index contributed by atoms with van der Waals surface area (Å²) in [6, 6.07) is 16.4. The monoisotopic (exact) mass is 293 g/mol. The van der Waals surface area contributed by atoms with Gasteiger partial charge in [-0.3, -0.25) is 4.90 Å². The van der Waals surface area contributed by atoms with Crippen LogP contribution >= 0.6 is 0 Å². The van der Waals surface area contributed by atoms with Gasteiger partial charge >= 0.3 is 0 Å². The van der Waals surface area contributed by atoms with Gasteiger partial charge in [-0.15, -0.1) is 0 Å².